The van der Waals surface area contributed by atoms with E-state index >= 15 is 0 Å². The van der Waals surface area contributed by atoms with E-state index in [0.29, 0.717) is 60.6 Å². The second-order valence-electron chi connectivity index (χ2n) is 8.81. The zero-order valence-corrected chi connectivity index (χ0v) is 20.5. The summed E-state index contributed by atoms with van der Waals surface area (Å²) in [6.07, 6.45) is 0. The number of anilines is 1. The van der Waals surface area contributed by atoms with Gasteiger partial charge in [0.15, 0.2) is 11.5 Å². The number of fused-ring (bicyclic) bond motifs is 2. The Morgan fingerprint density at radius 2 is 1.81 bits per heavy atom. The number of hydrogen-bond acceptors (Lipinski definition) is 8. The van der Waals surface area contributed by atoms with Crippen LogP contribution in [0.2, 0.25) is 0 Å². The van der Waals surface area contributed by atoms with Crippen molar-refractivity contribution in [3.63, 3.8) is 0 Å². The summed E-state index contributed by atoms with van der Waals surface area (Å²) in [4.78, 5) is 34.7. The Morgan fingerprint density at radius 3 is 2.61 bits per heavy atom. The van der Waals surface area contributed by atoms with Gasteiger partial charge in [0.1, 0.15) is 5.01 Å². The fourth-order valence-electron chi connectivity index (χ4n) is 4.27. The lowest BCUT2D eigenvalue weighted by atomic mass is 10.2. The van der Waals surface area contributed by atoms with Crippen LogP contribution in [0.4, 0.5) is 10.5 Å². The Hall–Kier alpha value is -3.96. The van der Waals surface area contributed by atoms with E-state index in [-0.39, 0.29) is 18.4 Å². The quantitative estimate of drug-likeness (QED) is 0.455. The minimum absolute atomic E-state index is 0.153. The highest BCUT2D eigenvalue weighted by atomic mass is 32.1. The smallest absolute Gasteiger partial charge is 0.321 e. The molecule has 1 fully saturated rings. The van der Waals surface area contributed by atoms with Crippen LogP contribution in [0.3, 0.4) is 0 Å². The molecule has 0 radical (unpaired) electrons. The molecule has 2 aromatic heterocycles. The van der Waals surface area contributed by atoms with Crippen LogP contribution in [0.5, 0.6) is 11.5 Å². The van der Waals surface area contributed by atoms with Crippen molar-refractivity contribution in [1.82, 2.24) is 24.4 Å². The summed E-state index contributed by atoms with van der Waals surface area (Å²) in [6, 6.07) is 14.8. The molecule has 0 atom stereocenters. The van der Waals surface area contributed by atoms with Gasteiger partial charge in [-0.05, 0) is 19.1 Å². The van der Waals surface area contributed by atoms with E-state index in [9.17, 15) is 9.59 Å². The van der Waals surface area contributed by atoms with Crippen LogP contribution in [0, 0.1) is 6.92 Å². The third kappa shape index (κ3) is 4.50. The summed E-state index contributed by atoms with van der Waals surface area (Å²) in [5.74, 6) is 1.31. The first kappa shape index (κ1) is 22.5. The fraction of sp³-hybridized carbons (Fsp3) is 0.280. The summed E-state index contributed by atoms with van der Waals surface area (Å²) in [5, 5.41) is 8.15. The number of benzene rings is 2. The predicted octanol–water partition coefficient (Wildman–Crippen LogP) is 3.20. The number of aromatic nitrogens is 3. The van der Waals surface area contributed by atoms with Gasteiger partial charge in [-0.3, -0.25) is 9.69 Å². The molecule has 4 heterocycles. The molecule has 10 nitrogen and oxygen atoms in total. The van der Waals surface area contributed by atoms with E-state index in [1.165, 1.54) is 21.4 Å². The highest BCUT2D eigenvalue weighted by molar-refractivity contribution is 7.19. The lowest BCUT2D eigenvalue weighted by Gasteiger charge is -2.34. The third-order valence-electron chi connectivity index (χ3n) is 6.27. The van der Waals surface area contributed by atoms with Gasteiger partial charge in [0.05, 0.1) is 5.69 Å². The SMILES string of the molecule is Cc1ccc(-c2nn3c(=O)cc(CN4CCN(C(=O)Nc5ccc6c(c5)OCO6)CC4)nc3s2)cc1. The fourth-order valence-corrected chi connectivity index (χ4v) is 5.19. The number of aryl methyl sites for hydroxylation is 1. The number of urea groups is 1. The average Bonchev–Trinajstić information content (AvgIpc) is 3.52. The molecule has 2 aromatic carbocycles. The average molecular weight is 505 g/mol. The number of nitrogens with zero attached hydrogens (tertiary/aromatic N) is 5. The van der Waals surface area contributed by atoms with E-state index in [1.54, 1.807) is 29.2 Å². The van der Waals surface area contributed by atoms with Gasteiger partial charge in [-0.1, -0.05) is 41.2 Å². The Bertz CT molecular complexity index is 1490. The number of rotatable bonds is 4. The second kappa shape index (κ2) is 9.25. The van der Waals surface area contributed by atoms with E-state index in [0.717, 1.165) is 10.6 Å². The normalized spacial score (nSPS) is 15.4. The Morgan fingerprint density at radius 1 is 1.03 bits per heavy atom. The lowest BCUT2D eigenvalue weighted by Crippen LogP contribution is -2.49. The van der Waals surface area contributed by atoms with Crippen molar-refractivity contribution >= 4 is 28.0 Å². The number of amides is 2. The predicted molar refractivity (Wildman–Crippen MR) is 136 cm³/mol. The molecule has 6 rings (SSSR count). The zero-order valence-electron chi connectivity index (χ0n) is 19.6. The monoisotopic (exact) mass is 504 g/mol. The van der Waals surface area contributed by atoms with E-state index in [2.05, 4.69) is 15.3 Å². The van der Waals surface area contributed by atoms with Crippen LogP contribution < -0.4 is 20.3 Å². The van der Waals surface area contributed by atoms with Crippen molar-refractivity contribution in [2.45, 2.75) is 13.5 Å². The second-order valence-corrected chi connectivity index (χ2v) is 9.77. The van der Waals surface area contributed by atoms with Crippen molar-refractivity contribution in [1.29, 1.82) is 0 Å². The number of piperazine rings is 1. The molecule has 2 aliphatic heterocycles. The molecule has 0 unspecified atom stereocenters. The molecule has 1 N–H and O–H groups in total. The molecule has 184 valence electrons. The molecule has 0 saturated carbocycles. The zero-order chi connectivity index (χ0) is 24.6. The number of ether oxygens (including phenoxy) is 2. The summed E-state index contributed by atoms with van der Waals surface area (Å²) in [5.41, 5.74) is 3.32. The first-order valence-electron chi connectivity index (χ1n) is 11.7. The Labute approximate surface area is 210 Å². The molecule has 11 heteroatoms. The van der Waals surface area contributed by atoms with Gasteiger partial charge in [-0.25, -0.2) is 9.78 Å². The van der Waals surface area contributed by atoms with Gasteiger partial charge < -0.3 is 19.7 Å². The summed E-state index contributed by atoms with van der Waals surface area (Å²) < 4.78 is 12.0. The molecule has 1 saturated heterocycles. The van der Waals surface area contributed by atoms with Gasteiger partial charge in [-0.2, -0.15) is 9.61 Å². The van der Waals surface area contributed by atoms with Gasteiger partial charge in [0.25, 0.3) is 5.56 Å². The van der Waals surface area contributed by atoms with E-state index in [4.69, 9.17) is 14.5 Å². The van der Waals surface area contributed by atoms with Gasteiger partial charge in [-0.15, -0.1) is 0 Å². The van der Waals surface area contributed by atoms with E-state index < -0.39 is 0 Å². The van der Waals surface area contributed by atoms with Crippen molar-refractivity contribution < 1.29 is 14.3 Å². The summed E-state index contributed by atoms with van der Waals surface area (Å²) in [6.45, 7) is 5.30. The largest absolute Gasteiger partial charge is 0.454 e. The summed E-state index contributed by atoms with van der Waals surface area (Å²) in [7, 11) is 0. The number of carbonyl (C=O) groups excluding carboxylic acids is 1. The number of nitrogens with one attached hydrogen (secondary N) is 1. The highest BCUT2D eigenvalue weighted by Gasteiger charge is 2.23. The van der Waals surface area contributed by atoms with Crippen LogP contribution >= 0.6 is 11.3 Å². The lowest BCUT2D eigenvalue weighted by molar-refractivity contribution is 0.142. The molecular formula is C25H24N6O4S. The maximum absolute atomic E-state index is 12.7. The molecular weight excluding hydrogens is 480 g/mol. The first-order valence-corrected chi connectivity index (χ1v) is 12.5. The molecule has 4 aromatic rings. The Kier molecular flexibility index (Phi) is 5.78. The number of hydrogen-bond donors (Lipinski definition) is 1. The van der Waals surface area contributed by atoms with Crippen molar-refractivity contribution in [3.8, 4) is 22.1 Å². The maximum atomic E-state index is 12.7. The van der Waals surface area contributed by atoms with Crippen LogP contribution in [0.1, 0.15) is 11.3 Å². The molecule has 2 aliphatic rings. The third-order valence-corrected chi connectivity index (χ3v) is 7.22. The van der Waals surface area contributed by atoms with E-state index in [1.807, 2.05) is 31.2 Å². The molecule has 0 spiro atoms. The highest BCUT2D eigenvalue weighted by Crippen LogP contribution is 2.34. The van der Waals surface area contributed by atoms with Crippen LogP contribution in [0.15, 0.2) is 53.3 Å². The van der Waals surface area contributed by atoms with Crippen LogP contribution in [0.25, 0.3) is 15.5 Å². The standard InChI is InChI=1S/C25H24N6O4S/c1-16-2-4-17(5-3-16)23-28-31-22(32)13-19(27-25(31)36-23)14-29-8-10-30(11-9-29)24(33)26-18-6-7-20-21(12-18)35-15-34-20/h2-7,12-13H,8-11,14-15H2,1H3,(H,26,33). The molecule has 0 aliphatic carbocycles. The van der Waals surface area contributed by atoms with Crippen molar-refractivity contribution in [2.75, 3.05) is 38.3 Å². The van der Waals surface area contributed by atoms with Crippen molar-refractivity contribution in [3.05, 3.63) is 70.1 Å². The van der Waals surface area contributed by atoms with Gasteiger partial charge >= 0.3 is 6.03 Å². The summed E-state index contributed by atoms with van der Waals surface area (Å²) >= 11 is 1.40. The minimum Gasteiger partial charge on any atom is -0.454 e. The number of carbonyl (C=O) groups is 1. The first-order chi connectivity index (χ1) is 17.5. The van der Waals surface area contributed by atoms with Gasteiger partial charge in [0, 0.05) is 56.1 Å². The van der Waals surface area contributed by atoms with Gasteiger partial charge in [0.2, 0.25) is 11.8 Å². The van der Waals surface area contributed by atoms with Crippen LogP contribution in [-0.4, -0.2) is 63.4 Å². The maximum Gasteiger partial charge on any atom is 0.321 e. The minimum atomic E-state index is -0.189. The topological polar surface area (TPSA) is 101 Å². The Balaban J connectivity index is 1.08. The van der Waals surface area contributed by atoms with Crippen LogP contribution in [-0.2, 0) is 6.54 Å². The molecule has 0 bridgehead atoms. The molecule has 2 amide bonds. The van der Waals surface area contributed by atoms with Crippen molar-refractivity contribution in [2.24, 2.45) is 0 Å². The molecule has 36 heavy (non-hydrogen) atoms.